The van der Waals surface area contributed by atoms with Gasteiger partial charge >= 0.3 is 0 Å². The maximum absolute atomic E-state index is 11.8. The van der Waals surface area contributed by atoms with Gasteiger partial charge in [0.05, 0.1) is 4.88 Å². The standard InChI is InChI=1S/C18H24N4OS/c1-19-18(22-13-10-15-7-3-2-4-8-15)21-12-6-11-20-17(23)16-9-5-14-24-16/h2-5,7-9,14H,6,10-13H2,1H3,(H,20,23)(H2,19,21,22). The molecule has 0 saturated heterocycles. The lowest BCUT2D eigenvalue weighted by Gasteiger charge is -2.12. The van der Waals surface area contributed by atoms with Crippen LogP contribution < -0.4 is 16.0 Å². The summed E-state index contributed by atoms with van der Waals surface area (Å²) in [5.74, 6) is 0.783. The zero-order valence-electron chi connectivity index (χ0n) is 13.9. The summed E-state index contributed by atoms with van der Waals surface area (Å²) in [6, 6.07) is 14.1. The summed E-state index contributed by atoms with van der Waals surface area (Å²) >= 11 is 1.45. The van der Waals surface area contributed by atoms with Gasteiger partial charge in [-0.2, -0.15) is 0 Å². The topological polar surface area (TPSA) is 65.5 Å². The lowest BCUT2D eigenvalue weighted by molar-refractivity contribution is 0.0957. The molecule has 3 N–H and O–H groups in total. The number of carbonyl (C=O) groups excluding carboxylic acids is 1. The summed E-state index contributed by atoms with van der Waals surface area (Å²) in [6.07, 6.45) is 1.80. The van der Waals surface area contributed by atoms with Gasteiger partial charge in [0.25, 0.3) is 5.91 Å². The van der Waals surface area contributed by atoms with Crippen molar-refractivity contribution in [3.05, 3.63) is 58.3 Å². The minimum absolute atomic E-state index is 0.00429. The van der Waals surface area contributed by atoms with E-state index < -0.39 is 0 Å². The van der Waals surface area contributed by atoms with Gasteiger partial charge in [-0.15, -0.1) is 11.3 Å². The van der Waals surface area contributed by atoms with Crippen molar-refractivity contribution in [2.24, 2.45) is 4.99 Å². The second kappa shape index (κ2) is 10.4. The van der Waals surface area contributed by atoms with Gasteiger partial charge in [-0.05, 0) is 29.9 Å². The van der Waals surface area contributed by atoms with Crippen LogP contribution in [0.1, 0.15) is 21.7 Å². The van der Waals surface area contributed by atoms with E-state index in [1.165, 1.54) is 16.9 Å². The highest BCUT2D eigenvalue weighted by Crippen LogP contribution is 2.07. The fourth-order valence-electron chi connectivity index (χ4n) is 2.18. The van der Waals surface area contributed by atoms with E-state index in [9.17, 15) is 4.79 Å². The van der Waals surface area contributed by atoms with Gasteiger partial charge in [-0.25, -0.2) is 0 Å². The maximum Gasteiger partial charge on any atom is 0.261 e. The van der Waals surface area contributed by atoms with Crippen LogP contribution in [0.5, 0.6) is 0 Å². The van der Waals surface area contributed by atoms with Crippen LogP contribution >= 0.6 is 11.3 Å². The Labute approximate surface area is 147 Å². The molecule has 0 spiro atoms. The number of amides is 1. The van der Waals surface area contributed by atoms with Gasteiger partial charge in [-0.3, -0.25) is 9.79 Å². The van der Waals surface area contributed by atoms with E-state index in [1.54, 1.807) is 7.05 Å². The van der Waals surface area contributed by atoms with Crippen LogP contribution in [-0.4, -0.2) is 38.5 Å². The Morgan fingerprint density at radius 2 is 1.75 bits per heavy atom. The van der Waals surface area contributed by atoms with Crippen LogP contribution in [0.2, 0.25) is 0 Å². The molecule has 1 aromatic heterocycles. The molecule has 1 amide bonds. The van der Waals surface area contributed by atoms with E-state index in [-0.39, 0.29) is 5.91 Å². The molecule has 0 aliphatic carbocycles. The Bertz CT molecular complexity index is 626. The highest BCUT2D eigenvalue weighted by Gasteiger charge is 2.04. The molecule has 6 heteroatoms. The number of nitrogens with one attached hydrogen (secondary N) is 3. The first-order valence-corrected chi connectivity index (χ1v) is 8.97. The number of aliphatic imine (C=N–C) groups is 1. The van der Waals surface area contributed by atoms with E-state index >= 15 is 0 Å². The molecule has 0 aliphatic rings. The number of hydrogen-bond donors (Lipinski definition) is 3. The second-order valence-electron chi connectivity index (χ2n) is 5.25. The molecule has 0 saturated carbocycles. The summed E-state index contributed by atoms with van der Waals surface area (Å²) in [6.45, 7) is 2.24. The third kappa shape index (κ3) is 6.42. The third-order valence-electron chi connectivity index (χ3n) is 3.45. The van der Waals surface area contributed by atoms with Crippen molar-refractivity contribution < 1.29 is 4.79 Å². The quantitative estimate of drug-likeness (QED) is 0.391. The molecule has 5 nitrogen and oxygen atoms in total. The predicted molar refractivity (Wildman–Crippen MR) is 101 cm³/mol. The number of rotatable bonds is 8. The number of thiophene rings is 1. The average molecular weight is 344 g/mol. The van der Waals surface area contributed by atoms with Crippen molar-refractivity contribution in [3.8, 4) is 0 Å². The molecular weight excluding hydrogens is 320 g/mol. The fraction of sp³-hybridized carbons (Fsp3) is 0.333. The molecule has 2 aromatic rings. The summed E-state index contributed by atoms with van der Waals surface area (Å²) in [7, 11) is 1.76. The zero-order valence-corrected chi connectivity index (χ0v) is 14.7. The summed E-state index contributed by atoms with van der Waals surface area (Å²) in [5.41, 5.74) is 1.30. The Hall–Kier alpha value is -2.34. The number of hydrogen-bond acceptors (Lipinski definition) is 3. The molecule has 128 valence electrons. The van der Waals surface area contributed by atoms with Gasteiger partial charge in [0.1, 0.15) is 0 Å². The Kier molecular flexibility index (Phi) is 7.83. The average Bonchev–Trinajstić information content (AvgIpc) is 3.15. The largest absolute Gasteiger partial charge is 0.356 e. The predicted octanol–water partition coefficient (Wildman–Crippen LogP) is 2.28. The molecule has 0 unspecified atom stereocenters. The number of benzene rings is 1. The van der Waals surface area contributed by atoms with Crippen LogP contribution in [0, 0.1) is 0 Å². The minimum Gasteiger partial charge on any atom is -0.356 e. The Morgan fingerprint density at radius 1 is 1.00 bits per heavy atom. The summed E-state index contributed by atoms with van der Waals surface area (Å²) < 4.78 is 0. The van der Waals surface area contributed by atoms with Crippen molar-refractivity contribution in [3.63, 3.8) is 0 Å². The monoisotopic (exact) mass is 344 g/mol. The smallest absolute Gasteiger partial charge is 0.261 e. The first kappa shape index (κ1) is 18.0. The van der Waals surface area contributed by atoms with E-state index in [1.807, 2.05) is 35.7 Å². The lowest BCUT2D eigenvalue weighted by atomic mass is 10.1. The van der Waals surface area contributed by atoms with Gasteiger partial charge < -0.3 is 16.0 Å². The zero-order chi connectivity index (χ0) is 17.0. The highest BCUT2D eigenvalue weighted by atomic mass is 32.1. The third-order valence-corrected chi connectivity index (χ3v) is 4.32. The normalized spacial score (nSPS) is 11.1. The van der Waals surface area contributed by atoms with E-state index in [2.05, 4.69) is 33.1 Å². The van der Waals surface area contributed by atoms with Crippen LogP contribution in [0.25, 0.3) is 0 Å². The molecule has 0 bridgehead atoms. The molecule has 1 heterocycles. The highest BCUT2D eigenvalue weighted by molar-refractivity contribution is 7.12. The van der Waals surface area contributed by atoms with E-state index in [0.29, 0.717) is 6.54 Å². The SMILES string of the molecule is CN=C(NCCCNC(=O)c1cccs1)NCCc1ccccc1. The molecule has 0 aliphatic heterocycles. The van der Waals surface area contributed by atoms with Gasteiger partial charge in [0, 0.05) is 26.7 Å². The molecule has 24 heavy (non-hydrogen) atoms. The first-order valence-electron chi connectivity index (χ1n) is 8.10. The molecule has 0 radical (unpaired) electrons. The van der Waals surface area contributed by atoms with Crippen molar-refractivity contribution in [2.75, 3.05) is 26.7 Å². The number of guanidine groups is 1. The van der Waals surface area contributed by atoms with Crippen molar-refractivity contribution in [1.29, 1.82) is 0 Å². The molecule has 0 fully saturated rings. The van der Waals surface area contributed by atoms with Crippen LogP contribution in [0.4, 0.5) is 0 Å². The second-order valence-corrected chi connectivity index (χ2v) is 6.20. The molecule has 2 rings (SSSR count). The fourth-order valence-corrected chi connectivity index (χ4v) is 2.82. The summed E-state index contributed by atoms with van der Waals surface area (Å²) in [5, 5.41) is 11.4. The van der Waals surface area contributed by atoms with Gasteiger partial charge in [0.15, 0.2) is 5.96 Å². The molecular formula is C18H24N4OS. The Morgan fingerprint density at radius 3 is 2.46 bits per heavy atom. The van der Waals surface area contributed by atoms with Crippen molar-refractivity contribution in [2.45, 2.75) is 12.8 Å². The van der Waals surface area contributed by atoms with Crippen LogP contribution in [-0.2, 0) is 6.42 Å². The minimum atomic E-state index is -0.00429. The van der Waals surface area contributed by atoms with Crippen molar-refractivity contribution >= 4 is 23.2 Å². The molecule has 0 atom stereocenters. The van der Waals surface area contributed by atoms with Crippen molar-refractivity contribution in [1.82, 2.24) is 16.0 Å². The molecule has 1 aromatic carbocycles. The Balaban J connectivity index is 1.56. The first-order chi connectivity index (χ1) is 11.8. The van der Waals surface area contributed by atoms with E-state index in [4.69, 9.17) is 0 Å². The van der Waals surface area contributed by atoms with Crippen LogP contribution in [0.15, 0.2) is 52.8 Å². The van der Waals surface area contributed by atoms with Gasteiger partial charge in [-0.1, -0.05) is 36.4 Å². The number of carbonyl (C=O) groups is 1. The maximum atomic E-state index is 11.8. The van der Waals surface area contributed by atoms with Crippen LogP contribution in [0.3, 0.4) is 0 Å². The van der Waals surface area contributed by atoms with E-state index in [0.717, 1.165) is 36.8 Å². The van der Waals surface area contributed by atoms with Gasteiger partial charge in [0.2, 0.25) is 0 Å². The number of nitrogens with zero attached hydrogens (tertiary/aromatic N) is 1. The lowest BCUT2D eigenvalue weighted by Crippen LogP contribution is -2.39. The summed E-state index contributed by atoms with van der Waals surface area (Å²) in [4.78, 5) is 16.7.